The van der Waals surface area contributed by atoms with Crippen molar-refractivity contribution in [1.29, 1.82) is 0 Å². The highest BCUT2D eigenvalue weighted by molar-refractivity contribution is 5.48. The molecule has 0 radical (unpaired) electrons. The molecular weight excluding hydrogens is 164 g/mol. The minimum Gasteiger partial charge on any atom is -0.497 e. The van der Waals surface area contributed by atoms with Crippen LogP contribution in [0.2, 0.25) is 0 Å². The Bertz CT molecular complexity index is 333. The van der Waals surface area contributed by atoms with E-state index in [0.717, 1.165) is 12.2 Å². The van der Waals surface area contributed by atoms with Crippen LogP contribution in [-0.2, 0) is 11.8 Å². The van der Waals surface area contributed by atoms with Gasteiger partial charge in [0.15, 0.2) is 0 Å². The van der Waals surface area contributed by atoms with Gasteiger partial charge in [0.25, 0.3) is 0 Å². The van der Waals surface area contributed by atoms with Gasteiger partial charge in [-0.05, 0) is 29.7 Å². The van der Waals surface area contributed by atoms with Crippen molar-refractivity contribution < 1.29 is 9.84 Å². The van der Waals surface area contributed by atoms with Crippen molar-refractivity contribution in [3.63, 3.8) is 0 Å². The van der Waals surface area contributed by atoms with Gasteiger partial charge in [0.05, 0.1) is 13.7 Å². The molecule has 0 saturated carbocycles. The molecule has 2 nitrogen and oxygen atoms in total. The van der Waals surface area contributed by atoms with Crippen LogP contribution in [0.4, 0.5) is 0 Å². The van der Waals surface area contributed by atoms with Crippen molar-refractivity contribution >= 4 is 0 Å². The van der Waals surface area contributed by atoms with E-state index in [1.54, 1.807) is 7.11 Å². The Morgan fingerprint density at radius 3 is 2.92 bits per heavy atom. The van der Waals surface area contributed by atoms with E-state index in [-0.39, 0.29) is 12.0 Å². The van der Waals surface area contributed by atoms with Crippen molar-refractivity contribution in [3.8, 4) is 5.75 Å². The molecular formula is C11H14O2. The summed E-state index contributed by atoms with van der Waals surface area (Å²) in [5.41, 5.74) is 2.52. The number of fused-ring (bicyclic) bond motifs is 1. The Morgan fingerprint density at radius 1 is 1.54 bits per heavy atom. The van der Waals surface area contributed by atoms with Crippen molar-refractivity contribution in [2.24, 2.45) is 0 Å². The minimum absolute atomic E-state index is 0.0378. The van der Waals surface area contributed by atoms with E-state index in [0.29, 0.717) is 0 Å². The molecule has 0 amide bonds. The number of rotatable bonds is 2. The fourth-order valence-corrected chi connectivity index (χ4v) is 1.95. The summed E-state index contributed by atoms with van der Waals surface area (Å²) in [4.78, 5) is 0. The molecule has 0 fully saturated rings. The maximum Gasteiger partial charge on any atom is 0.119 e. The monoisotopic (exact) mass is 178 g/mol. The van der Waals surface area contributed by atoms with Crippen molar-refractivity contribution in [1.82, 2.24) is 0 Å². The van der Waals surface area contributed by atoms with Gasteiger partial charge >= 0.3 is 0 Å². The van der Waals surface area contributed by atoms with Gasteiger partial charge in [0.2, 0.25) is 0 Å². The minimum atomic E-state index is -0.0378. The number of hydrogen-bond acceptors (Lipinski definition) is 2. The number of methoxy groups -OCH3 is 1. The molecule has 13 heavy (non-hydrogen) atoms. The molecule has 0 heterocycles. The predicted octanol–water partition coefficient (Wildman–Crippen LogP) is 1.50. The molecule has 1 aromatic rings. The second-order valence-electron chi connectivity index (χ2n) is 3.92. The fourth-order valence-electron chi connectivity index (χ4n) is 1.95. The lowest BCUT2D eigenvalue weighted by molar-refractivity contribution is 0.186. The number of hydrogen-bond donors (Lipinski definition) is 1. The van der Waals surface area contributed by atoms with Gasteiger partial charge in [-0.25, -0.2) is 0 Å². The Kier molecular flexibility index (Phi) is 1.81. The lowest BCUT2D eigenvalue weighted by Crippen LogP contribution is -2.39. The van der Waals surface area contributed by atoms with Crippen LogP contribution < -0.4 is 4.74 Å². The first-order valence-corrected chi connectivity index (χ1v) is 4.48. The van der Waals surface area contributed by atoms with Crippen LogP contribution in [0.15, 0.2) is 18.2 Å². The third-order valence-electron chi connectivity index (χ3n) is 2.90. The van der Waals surface area contributed by atoms with Crippen LogP contribution >= 0.6 is 0 Å². The van der Waals surface area contributed by atoms with Gasteiger partial charge in [-0.2, -0.15) is 0 Å². The largest absolute Gasteiger partial charge is 0.497 e. The van der Waals surface area contributed by atoms with E-state index in [4.69, 9.17) is 4.74 Å². The number of aliphatic hydroxyl groups is 1. The van der Waals surface area contributed by atoms with Crippen LogP contribution in [0.1, 0.15) is 18.1 Å². The molecule has 70 valence electrons. The number of benzene rings is 1. The molecule has 1 aromatic carbocycles. The van der Waals surface area contributed by atoms with Crippen LogP contribution in [0.3, 0.4) is 0 Å². The average molecular weight is 178 g/mol. The third-order valence-corrected chi connectivity index (χ3v) is 2.90. The van der Waals surface area contributed by atoms with Crippen molar-refractivity contribution in [3.05, 3.63) is 29.3 Å². The molecule has 1 atom stereocenters. The summed E-state index contributed by atoms with van der Waals surface area (Å²) in [7, 11) is 1.66. The molecule has 2 rings (SSSR count). The lowest BCUT2D eigenvalue weighted by Gasteiger charge is -2.39. The molecule has 0 saturated heterocycles. The van der Waals surface area contributed by atoms with E-state index in [1.165, 1.54) is 11.1 Å². The van der Waals surface area contributed by atoms with Crippen LogP contribution in [0.5, 0.6) is 5.75 Å². The second-order valence-corrected chi connectivity index (χ2v) is 3.92. The first-order valence-electron chi connectivity index (χ1n) is 4.48. The number of ether oxygens (including phenoxy) is 1. The molecule has 1 aliphatic carbocycles. The summed E-state index contributed by atoms with van der Waals surface area (Å²) in [5.74, 6) is 0.873. The number of aliphatic hydroxyl groups excluding tert-OH is 1. The van der Waals surface area contributed by atoms with E-state index in [9.17, 15) is 5.11 Å². The van der Waals surface area contributed by atoms with E-state index in [2.05, 4.69) is 13.0 Å². The first-order chi connectivity index (χ1) is 6.19. The summed E-state index contributed by atoms with van der Waals surface area (Å²) in [5, 5.41) is 9.21. The highest BCUT2D eigenvalue weighted by Crippen LogP contribution is 2.42. The zero-order chi connectivity index (χ0) is 9.47. The molecule has 0 spiro atoms. The summed E-state index contributed by atoms with van der Waals surface area (Å²) in [6.07, 6.45) is 0.975. The normalized spacial score (nSPS) is 24.8. The lowest BCUT2D eigenvalue weighted by atomic mass is 9.66. The topological polar surface area (TPSA) is 29.5 Å². The van der Waals surface area contributed by atoms with Gasteiger partial charge < -0.3 is 9.84 Å². The Balaban J connectivity index is 2.40. The Labute approximate surface area is 78.2 Å². The summed E-state index contributed by atoms with van der Waals surface area (Å²) >= 11 is 0. The molecule has 1 aliphatic rings. The third kappa shape index (κ3) is 1.13. The molecule has 0 aromatic heterocycles. The summed E-state index contributed by atoms with van der Waals surface area (Å²) < 4.78 is 5.14. The SMILES string of the molecule is COc1ccc2c(c1)C(C)(CO)C2. The van der Waals surface area contributed by atoms with E-state index in [1.807, 2.05) is 12.1 Å². The van der Waals surface area contributed by atoms with Gasteiger partial charge in [0, 0.05) is 5.41 Å². The van der Waals surface area contributed by atoms with E-state index >= 15 is 0 Å². The average Bonchev–Trinajstić information content (AvgIpc) is 2.16. The smallest absolute Gasteiger partial charge is 0.119 e. The quantitative estimate of drug-likeness (QED) is 0.743. The fraction of sp³-hybridized carbons (Fsp3) is 0.455. The highest BCUT2D eigenvalue weighted by atomic mass is 16.5. The Morgan fingerprint density at radius 2 is 2.31 bits per heavy atom. The maximum absolute atomic E-state index is 9.21. The van der Waals surface area contributed by atoms with Crippen LogP contribution in [0, 0.1) is 0 Å². The maximum atomic E-state index is 9.21. The molecule has 0 aliphatic heterocycles. The second kappa shape index (κ2) is 2.74. The molecule has 1 unspecified atom stereocenters. The zero-order valence-electron chi connectivity index (χ0n) is 8.00. The summed E-state index contributed by atoms with van der Waals surface area (Å²) in [6, 6.07) is 6.07. The first kappa shape index (κ1) is 8.57. The van der Waals surface area contributed by atoms with Crippen LogP contribution in [0.25, 0.3) is 0 Å². The van der Waals surface area contributed by atoms with Crippen molar-refractivity contribution in [2.45, 2.75) is 18.8 Å². The van der Waals surface area contributed by atoms with Gasteiger partial charge in [-0.3, -0.25) is 0 Å². The molecule has 0 bridgehead atoms. The predicted molar refractivity (Wildman–Crippen MR) is 51.1 cm³/mol. The molecule has 1 N–H and O–H groups in total. The van der Waals surface area contributed by atoms with Crippen LogP contribution in [-0.4, -0.2) is 18.8 Å². The van der Waals surface area contributed by atoms with Crippen molar-refractivity contribution in [2.75, 3.05) is 13.7 Å². The standard InChI is InChI=1S/C11H14O2/c1-11(7-12)6-8-3-4-9(13-2)5-10(8)11/h3-5,12H,6-7H2,1-2H3. The zero-order valence-corrected chi connectivity index (χ0v) is 8.00. The van der Waals surface area contributed by atoms with Gasteiger partial charge in [-0.1, -0.05) is 13.0 Å². The molecule has 2 heteroatoms. The Hall–Kier alpha value is -1.02. The van der Waals surface area contributed by atoms with Gasteiger partial charge in [0.1, 0.15) is 5.75 Å². The van der Waals surface area contributed by atoms with E-state index < -0.39 is 0 Å². The highest BCUT2D eigenvalue weighted by Gasteiger charge is 2.37. The van der Waals surface area contributed by atoms with Gasteiger partial charge in [-0.15, -0.1) is 0 Å². The summed E-state index contributed by atoms with van der Waals surface area (Å²) in [6.45, 7) is 2.29.